The number of unbranched alkanes of at least 4 members (excludes halogenated alkanes) is 1. The van der Waals surface area contributed by atoms with Crippen LogP contribution in [0.1, 0.15) is 25.5 Å². The third-order valence-electron chi connectivity index (χ3n) is 2.68. The highest BCUT2D eigenvalue weighted by Crippen LogP contribution is 2.16. The van der Waals surface area contributed by atoms with E-state index in [1.54, 1.807) is 10.9 Å². The Morgan fingerprint density at radius 3 is 2.72 bits per heavy atom. The van der Waals surface area contributed by atoms with E-state index in [4.69, 9.17) is 10.5 Å². The fraction of sp³-hybridized carbons (Fsp3) is 0.385. The Labute approximate surface area is 107 Å². The maximum absolute atomic E-state index is 5.62. The van der Waals surface area contributed by atoms with Gasteiger partial charge in [0, 0.05) is 6.54 Å². The molecule has 0 fully saturated rings. The standard InChI is InChI=1S/C13H18N4O/c1-2-3-8-18-13-6-4-11(5-7-13)17-12(9-14)10-15-16-17/h4-7,10H,2-3,8-9,14H2,1H3. The van der Waals surface area contributed by atoms with Gasteiger partial charge >= 0.3 is 0 Å². The molecule has 2 N–H and O–H groups in total. The van der Waals surface area contributed by atoms with Gasteiger partial charge in [0.25, 0.3) is 0 Å². The van der Waals surface area contributed by atoms with E-state index >= 15 is 0 Å². The molecule has 0 atom stereocenters. The van der Waals surface area contributed by atoms with Gasteiger partial charge in [-0.05, 0) is 30.7 Å². The number of benzene rings is 1. The Hall–Kier alpha value is -1.88. The largest absolute Gasteiger partial charge is 0.494 e. The number of aromatic nitrogens is 3. The van der Waals surface area contributed by atoms with Gasteiger partial charge in [-0.3, -0.25) is 0 Å². The van der Waals surface area contributed by atoms with Crippen molar-refractivity contribution in [1.29, 1.82) is 0 Å². The highest BCUT2D eigenvalue weighted by atomic mass is 16.5. The molecule has 0 aliphatic heterocycles. The molecule has 1 aromatic heterocycles. The molecule has 0 spiro atoms. The third-order valence-corrected chi connectivity index (χ3v) is 2.68. The first kappa shape index (κ1) is 12.6. The number of ether oxygens (including phenoxy) is 1. The molecular formula is C13H18N4O. The number of nitrogens with zero attached hydrogens (tertiary/aromatic N) is 3. The van der Waals surface area contributed by atoms with Gasteiger partial charge < -0.3 is 10.5 Å². The van der Waals surface area contributed by atoms with E-state index in [0.29, 0.717) is 6.54 Å². The fourth-order valence-corrected chi connectivity index (χ4v) is 1.63. The van der Waals surface area contributed by atoms with Crippen LogP contribution in [-0.2, 0) is 6.54 Å². The molecule has 0 aliphatic carbocycles. The molecule has 0 saturated carbocycles. The van der Waals surface area contributed by atoms with Crippen LogP contribution < -0.4 is 10.5 Å². The lowest BCUT2D eigenvalue weighted by Gasteiger charge is -2.07. The third kappa shape index (κ3) is 2.87. The van der Waals surface area contributed by atoms with Gasteiger partial charge in [-0.15, -0.1) is 5.10 Å². The molecule has 96 valence electrons. The molecule has 0 radical (unpaired) electrons. The summed E-state index contributed by atoms with van der Waals surface area (Å²) in [6, 6.07) is 7.78. The number of rotatable bonds is 6. The molecule has 0 saturated heterocycles. The Morgan fingerprint density at radius 1 is 1.28 bits per heavy atom. The van der Waals surface area contributed by atoms with Gasteiger partial charge in [-0.2, -0.15) is 0 Å². The second-order valence-electron chi connectivity index (χ2n) is 4.04. The molecule has 5 heteroatoms. The zero-order valence-corrected chi connectivity index (χ0v) is 10.5. The number of hydrogen-bond donors (Lipinski definition) is 1. The Kier molecular flexibility index (Phi) is 4.30. The number of nitrogens with two attached hydrogens (primary N) is 1. The van der Waals surface area contributed by atoms with Crippen LogP contribution in [0.15, 0.2) is 30.5 Å². The second kappa shape index (κ2) is 6.16. The van der Waals surface area contributed by atoms with Gasteiger partial charge in [0.1, 0.15) is 5.75 Å². The normalized spacial score (nSPS) is 10.6. The second-order valence-corrected chi connectivity index (χ2v) is 4.04. The van der Waals surface area contributed by atoms with Crippen molar-refractivity contribution in [3.8, 4) is 11.4 Å². The Morgan fingerprint density at radius 2 is 2.06 bits per heavy atom. The molecule has 1 heterocycles. The molecule has 0 amide bonds. The summed E-state index contributed by atoms with van der Waals surface area (Å²) in [5.41, 5.74) is 7.44. The molecule has 0 unspecified atom stereocenters. The van der Waals surface area contributed by atoms with Crippen molar-refractivity contribution >= 4 is 0 Å². The average molecular weight is 246 g/mol. The highest BCUT2D eigenvalue weighted by molar-refractivity contribution is 5.37. The van der Waals surface area contributed by atoms with Crippen molar-refractivity contribution in [3.05, 3.63) is 36.2 Å². The minimum atomic E-state index is 0.418. The first-order valence-electron chi connectivity index (χ1n) is 6.18. The predicted molar refractivity (Wildman–Crippen MR) is 69.7 cm³/mol. The number of hydrogen-bond acceptors (Lipinski definition) is 4. The van der Waals surface area contributed by atoms with Crippen LogP contribution >= 0.6 is 0 Å². The zero-order chi connectivity index (χ0) is 12.8. The maximum Gasteiger partial charge on any atom is 0.119 e. The lowest BCUT2D eigenvalue weighted by atomic mass is 10.3. The smallest absolute Gasteiger partial charge is 0.119 e. The van der Waals surface area contributed by atoms with E-state index in [1.165, 1.54) is 0 Å². The summed E-state index contributed by atoms with van der Waals surface area (Å²) < 4.78 is 7.34. The van der Waals surface area contributed by atoms with Gasteiger partial charge in [-0.25, -0.2) is 4.68 Å². The summed E-state index contributed by atoms with van der Waals surface area (Å²) in [5, 5.41) is 7.86. The Bertz CT molecular complexity index is 478. The van der Waals surface area contributed by atoms with Crippen LogP contribution in [0.4, 0.5) is 0 Å². The van der Waals surface area contributed by atoms with Crippen LogP contribution in [0.5, 0.6) is 5.75 Å². The molecule has 18 heavy (non-hydrogen) atoms. The quantitative estimate of drug-likeness (QED) is 0.791. The Balaban J connectivity index is 2.07. The summed E-state index contributed by atoms with van der Waals surface area (Å²) in [5.74, 6) is 0.876. The van der Waals surface area contributed by atoms with Crippen LogP contribution in [-0.4, -0.2) is 21.6 Å². The van der Waals surface area contributed by atoms with Gasteiger partial charge in [0.15, 0.2) is 0 Å². The van der Waals surface area contributed by atoms with E-state index in [2.05, 4.69) is 17.2 Å². The molecular weight excluding hydrogens is 228 g/mol. The highest BCUT2D eigenvalue weighted by Gasteiger charge is 2.04. The first-order chi connectivity index (χ1) is 8.85. The lowest BCUT2D eigenvalue weighted by molar-refractivity contribution is 0.309. The SMILES string of the molecule is CCCCOc1ccc(-n2nncc2CN)cc1. The molecule has 2 aromatic rings. The van der Waals surface area contributed by atoms with Crippen molar-refractivity contribution in [1.82, 2.24) is 15.0 Å². The minimum absolute atomic E-state index is 0.418. The molecule has 0 aliphatic rings. The summed E-state index contributed by atoms with van der Waals surface area (Å²) in [7, 11) is 0. The van der Waals surface area contributed by atoms with Crippen LogP contribution in [0.25, 0.3) is 5.69 Å². The van der Waals surface area contributed by atoms with Crippen molar-refractivity contribution < 1.29 is 4.74 Å². The van der Waals surface area contributed by atoms with Gasteiger partial charge in [0.05, 0.1) is 24.2 Å². The zero-order valence-electron chi connectivity index (χ0n) is 10.5. The van der Waals surface area contributed by atoms with E-state index in [1.807, 2.05) is 24.3 Å². The summed E-state index contributed by atoms with van der Waals surface area (Å²) in [6.07, 6.45) is 3.88. The van der Waals surface area contributed by atoms with Gasteiger partial charge in [-0.1, -0.05) is 18.6 Å². The van der Waals surface area contributed by atoms with Crippen molar-refractivity contribution in [2.45, 2.75) is 26.3 Å². The minimum Gasteiger partial charge on any atom is -0.494 e. The molecule has 1 aromatic carbocycles. The van der Waals surface area contributed by atoms with Crippen LogP contribution in [0.3, 0.4) is 0 Å². The topological polar surface area (TPSA) is 66.0 Å². The average Bonchev–Trinajstić information content (AvgIpc) is 2.88. The monoisotopic (exact) mass is 246 g/mol. The van der Waals surface area contributed by atoms with E-state index in [9.17, 15) is 0 Å². The van der Waals surface area contributed by atoms with Crippen molar-refractivity contribution in [2.24, 2.45) is 5.73 Å². The summed E-state index contributed by atoms with van der Waals surface area (Å²) in [4.78, 5) is 0. The van der Waals surface area contributed by atoms with Crippen molar-refractivity contribution in [3.63, 3.8) is 0 Å². The van der Waals surface area contributed by atoms with E-state index in [0.717, 1.165) is 36.6 Å². The maximum atomic E-state index is 5.62. The first-order valence-corrected chi connectivity index (χ1v) is 6.18. The fourth-order valence-electron chi connectivity index (χ4n) is 1.63. The van der Waals surface area contributed by atoms with E-state index in [-0.39, 0.29) is 0 Å². The van der Waals surface area contributed by atoms with Crippen molar-refractivity contribution in [2.75, 3.05) is 6.61 Å². The van der Waals surface area contributed by atoms with E-state index < -0.39 is 0 Å². The molecule has 5 nitrogen and oxygen atoms in total. The van der Waals surface area contributed by atoms with Crippen LogP contribution in [0, 0.1) is 0 Å². The van der Waals surface area contributed by atoms with Crippen LogP contribution in [0.2, 0.25) is 0 Å². The summed E-state index contributed by atoms with van der Waals surface area (Å²) in [6.45, 7) is 3.32. The lowest BCUT2D eigenvalue weighted by Crippen LogP contribution is -2.06. The molecule has 2 rings (SSSR count). The molecule has 0 bridgehead atoms. The summed E-state index contributed by atoms with van der Waals surface area (Å²) >= 11 is 0. The predicted octanol–water partition coefficient (Wildman–Crippen LogP) is 1.90. The van der Waals surface area contributed by atoms with Gasteiger partial charge in [0.2, 0.25) is 0 Å².